The molecule has 0 aromatic heterocycles. The van der Waals surface area contributed by atoms with Crippen molar-refractivity contribution in [3.05, 3.63) is 81.9 Å². The summed E-state index contributed by atoms with van der Waals surface area (Å²) in [5, 5.41) is 0. The van der Waals surface area contributed by atoms with Crippen molar-refractivity contribution < 1.29 is 27.1 Å². The van der Waals surface area contributed by atoms with E-state index in [1.807, 2.05) is 0 Å². The number of halogens is 4. The van der Waals surface area contributed by atoms with Crippen molar-refractivity contribution >= 4 is 17.9 Å². The molecular weight excluding hydrogens is 336 g/mol. The lowest BCUT2D eigenvalue weighted by Crippen LogP contribution is -2.21. The number of rotatable bonds is 2. The number of Topliss-reactive ketones (excluding diaryl/α,β-unsaturated/α-hetero) is 1. The van der Waals surface area contributed by atoms with E-state index in [4.69, 9.17) is 4.74 Å². The minimum Gasteiger partial charge on any atom is -0.372 e. The summed E-state index contributed by atoms with van der Waals surface area (Å²) in [6.07, 6.45) is 2.81. The second kappa shape index (κ2) is 7.03. The van der Waals surface area contributed by atoms with Crippen molar-refractivity contribution in [2.75, 3.05) is 13.2 Å². The molecule has 1 heterocycles. The number of hydrogen-bond donors (Lipinski definition) is 0. The van der Waals surface area contributed by atoms with Crippen LogP contribution in [0, 0.1) is 23.3 Å². The third-order valence-electron chi connectivity index (χ3n) is 3.67. The Morgan fingerprint density at radius 2 is 1.16 bits per heavy atom. The zero-order chi connectivity index (χ0) is 18.0. The molecule has 0 radical (unpaired) electrons. The Hall–Kier alpha value is -2.73. The molecule has 2 nitrogen and oxygen atoms in total. The van der Waals surface area contributed by atoms with E-state index >= 15 is 0 Å². The summed E-state index contributed by atoms with van der Waals surface area (Å²) in [5.41, 5.74) is 1.15. The van der Waals surface area contributed by atoms with Gasteiger partial charge in [0.15, 0.2) is 29.1 Å². The molecule has 0 bridgehead atoms. The van der Waals surface area contributed by atoms with E-state index in [-0.39, 0.29) is 30.1 Å². The summed E-state index contributed by atoms with van der Waals surface area (Å²) in [4.78, 5) is 12.5. The van der Waals surface area contributed by atoms with Gasteiger partial charge < -0.3 is 4.74 Å². The average Bonchev–Trinajstić information content (AvgIpc) is 2.58. The normalized spacial score (nSPS) is 18.2. The molecule has 0 saturated carbocycles. The first-order valence-electron chi connectivity index (χ1n) is 7.38. The minimum absolute atomic E-state index is 0.0208. The van der Waals surface area contributed by atoms with Gasteiger partial charge in [-0.3, -0.25) is 4.79 Å². The Bertz CT molecular complexity index is 829. The van der Waals surface area contributed by atoms with E-state index in [9.17, 15) is 22.4 Å². The Balaban J connectivity index is 1.89. The Morgan fingerprint density at radius 3 is 1.56 bits per heavy atom. The molecule has 2 aromatic rings. The molecule has 6 heteroatoms. The predicted octanol–water partition coefficient (Wildman–Crippen LogP) is 4.31. The highest BCUT2D eigenvalue weighted by Crippen LogP contribution is 2.21. The first-order chi connectivity index (χ1) is 11.9. The van der Waals surface area contributed by atoms with E-state index in [2.05, 4.69) is 0 Å². The van der Waals surface area contributed by atoms with Gasteiger partial charge in [-0.2, -0.15) is 0 Å². The summed E-state index contributed by atoms with van der Waals surface area (Å²) >= 11 is 0. The Morgan fingerprint density at radius 1 is 0.720 bits per heavy atom. The second-order valence-corrected chi connectivity index (χ2v) is 5.51. The molecule has 0 unspecified atom stereocenters. The van der Waals surface area contributed by atoms with Crippen molar-refractivity contribution in [2.45, 2.75) is 0 Å². The number of carbonyl (C=O) groups excluding carboxylic acids is 1. The molecule has 0 amide bonds. The third kappa shape index (κ3) is 3.85. The van der Waals surface area contributed by atoms with Crippen LogP contribution in [0.5, 0.6) is 0 Å². The van der Waals surface area contributed by atoms with Crippen molar-refractivity contribution in [1.29, 1.82) is 0 Å². The predicted molar refractivity (Wildman–Crippen MR) is 84.5 cm³/mol. The van der Waals surface area contributed by atoms with Gasteiger partial charge in [0, 0.05) is 11.1 Å². The lowest BCUT2D eigenvalue weighted by molar-refractivity contribution is -0.114. The largest absolute Gasteiger partial charge is 0.372 e. The van der Waals surface area contributed by atoms with E-state index in [1.165, 1.54) is 24.3 Å². The van der Waals surface area contributed by atoms with Gasteiger partial charge in [-0.25, -0.2) is 17.6 Å². The molecule has 0 N–H and O–H groups in total. The molecule has 3 rings (SSSR count). The van der Waals surface area contributed by atoms with E-state index in [1.54, 1.807) is 0 Å². The van der Waals surface area contributed by atoms with Crippen LogP contribution in [0.1, 0.15) is 11.1 Å². The number of carbonyl (C=O) groups is 1. The summed E-state index contributed by atoms with van der Waals surface area (Å²) in [5.74, 6) is -4.34. The summed E-state index contributed by atoms with van der Waals surface area (Å²) in [6.45, 7) is 0.0416. The molecule has 2 aromatic carbocycles. The van der Waals surface area contributed by atoms with Crippen molar-refractivity contribution in [3.63, 3.8) is 0 Å². The van der Waals surface area contributed by atoms with Gasteiger partial charge in [-0.1, -0.05) is 12.1 Å². The fraction of sp³-hybridized carbons (Fsp3) is 0.105. The standard InChI is InChI=1S/C19H12F4O2/c20-15-3-1-11(7-17(15)22)5-13-9-25-10-14(19(13)24)6-12-2-4-16(21)18(23)8-12/h1-8H,9-10H2. The number of ether oxygens (including phenoxy) is 1. The number of hydrogen-bond acceptors (Lipinski definition) is 2. The van der Waals surface area contributed by atoms with Gasteiger partial charge in [0.1, 0.15) is 0 Å². The lowest BCUT2D eigenvalue weighted by atomic mass is 9.98. The number of ketones is 1. The molecule has 1 fully saturated rings. The van der Waals surface area contributed by atoms with E-state index < -0.39 is 23.3 Å². The quantitative estimate of drug-likeness (QED) is 0.597. The first-order valence-corrected chi connectivity index (χ1v) is 7.38. The van der Waals surface area contributed by atoms with Gasteiger partial charge in [-0.15, -0.1) is 0 Å². The monoisotopic (exact) mass is 348 g/mol. The van der Waals surface area contributed by atoms with Crippen LogP contribution in [0.4, 0.5) is 17.6 Å². The maximum Gasteiger partial charge on any atom is 0.189 e. The van der Waals surface area contributed by atoms with Crippen LogP contribution in [0.15, 0.2) is 47.5 Å². The van der Waals surface area contributed by atoms with Crippen LogP contribution >= 0.6 is 0 Å². The minimum atomic E-state index is -1.02. The molecule has 1 aliphatic rings. The summed E-state index contributed by atoms with van der Waals surface area (Å²) < 4.78 is 57.8. The number of benzene rings is 2. The highest BCUT2D eigenvalue weighted by atomic mass is 19.2. The van der Waals surface area contributed by atoms with Crippen LogP contribution in [0.3, 0.4) is 0 Å². The highest BCUT2D eigenvalue weighted by molar-refractivity contribution is 6.14. The van der Waals surface area contributed by atoms with Crippen LogP contribution in [-0.4, -0.2) is 19.0 Å². The van der Waals surface area contributed by atoms with E-state index in [0.717, 1.165) is 24.3 Å². The summed E-state index contributed by atoms with van der Waals surface area (Å²) in [6, 6.07) is 6.56. The SMILES string of the molecule is O=C1C(=Cc2ccc(F)c(F)c2)COCC1=Cc1ccc(F)c(F)c1. The summed E-state index contributed by atoms with van der Waals surface area (Å²) in [7, 11) is 0. The van der Waals surface area contributed by atoms with Gasteiger partial charge in [0.2, 0.25) is 0 Å². The molecule has 1 aliphatic heterocycles. The Kier molecular flexibility index (Phi) is 4.81. The lowest BCUT2D eigenvalue weighted by Gasteiger charge is -2.17. The van der Waals surface area contributed by atoms with Gasteiger partial charge in [0.25, 0.3) is 0 Å². The van der Waals surface area contributed by atoms with E-state index in [0.29, 0.717) is 11.1 Å². The third-order valence-corrected chi connectivity index (χ3v) is 3.67. The zero-order valence-electron chi connectivity index (χ0n) is 12.9. The van der Waals surface area contributed by atoms with Gasteiger partial charge >= 0.3 is 0 Å². The molecule has 0 atom stereocenters. The zero-order valence-corrected chi connectivity index (χ0v) is 12.9. The van der Waals surface area contributed by atoms with Gasteiger partial charge in [-0.05, 0) is 47.5 Å². The highest BCUT2D eigenvalue weighted by Gasteiger charge is 2.21. The first kappa shape index (κ1) is 17.1. The van der Waals surface area contributed by atoms with Gasteiger partial charge in [0.05, 0.1) is 13.2 Å². The van der Waals surface area contributed by atoms with Crippen LogP contribution in [0.2, 0.25) is 0 Å². The van der Waals surface area contributed by atoms with Crippen LogP contribution < -0.4 is 0 Å². The molecular formula is C19H12F4O2. The van der Waals surface area contributed by atoms with Crippen molar-refractivity contribution in [2.24, 2.45) is 0 Å². The Labute approximate surface area is 141 Å². The van der Waals surface area contributed by atoms with Crippen LogP contribution in [-0.2, 0) is 9.53 Å². The molecule has 0 aliphatic carbocycles. The molecule has 0 spiro atoms. The van der Waals surface area contributed by atoms with Crippen molar-refractivity contribution in [3.8, 4) is 0 Å². The average molecular weight is 348 g/mol. The van der Waals surface area contributed by atoms with Crippen LogP contribution in [0.25, 0.3) is 12.2 Å². The fourth-order valence-corrected chi connectivity index (χ4v) is 2.43. The maximum atomic E-state index is 13.3. The maximum absolute atomic E-state index is 13.3. The topological polar surface area (TPSA) is 26.3 Å². The fourth-order valence-electron chi connectivity index (χ4n) is 2.43. The molecule has 25 heavy (non-hydrogen) atoms. The molecule has 128 valence electrons. The smallest absolute Gasteiger partial charge is 0.189 e. The second-order valence-electron chi connectivity index (χ2n) is 5.51. The van der Waals surface area contributed by atoms with Crippen molar-refractivity contribution in [1.82, 2.24) is 0 Å². The molecule has 1 saturated heterocycles.